The van der Waals surface area contributed by atoms with E-state index in [4.69, 9.17) is 4.74 Å². The van der Waals surface area contributed by atoms with E-state index in [0.717, 1.165) is 5.56 Å². The van der Waals surface area contributed by atoms with Gasteiger partial charge in [-0.05, 0) is 38.1 Å². The molecule has 0 aliphatic heterocycles. The van der Waals surface area contributed by atoms with Crippen molar-refractivity contribution in [2.24, 2.45) is 0 Å². The number of rotatable bonds is 7. The third-order valence-electron chi connectivity index (χ3n) is 3.70. The lowest BCUT2D eigenvalue weighted by molar-refractivity contribution is -0.153. The van der Waals surface area contributed by atoms with Crippen molar-refractivity contribution in [2.75, 3.05) is 11.9 Å². The first-order chi connectivity index (χ1) is 12.9. The molecule has 0 saturated carbocycles. The minimum atomic E-state index is -1.09. The summed E-state index contributed by atoms with van der Waals surface area (Å²) in [6.07, 6.45) is -1.18. The molecule has 2 aromatic carbocycles. The Morgan fingerprint density at radius 2 is 1.85 bits per heavy atom. The molecule has 0 heterocycles. The maximum atomic E-state index is 13.5. The quantitative estimate of drug-likeness (QED) is 0.732. The van der Waals surface area contributed by atoms with E-state index < -0.39 is 23.8 Å². The molecular formula is C20H21FN2O4. The van der Waals surface area contributed by atoms with Crippen LogP contribution in [0.15, 0.2) is 48.5 Å². The minimum absolute atomic E-state index is 0.0100. The highest BCUT2D eigenvalue weighted by Gasteiger charge is 2.19. The number of hydrogen-bond acceptors (Lipinski definition) is 4. The topological polar surface area (TPSA) is 84.5 Å². The van der Waals surface area contributed by atoms with Gasteiger partial charge in [0.05, 0.1) is 12.1 Å². The number of esters is 1. The number of carbonyl (C=O) groups is 3. The van der Waals surface area contributed by atoms with Crippen molar-refractivity contribution in [1.82, 2.24) is 5.32 Å². The molecule has 2 aromatic rings. The van der Waals surface area contributed by atoms with Crippen LogP contribution in [0, 0.1) is 12.7 Å². The lowest BCUT2D eigenvalue weighted by Crippen LogP contribution is -2.32. The fraction of sp³-hybridized carbons (Fsp3) is 0.250. The van der Waals surface area contributed by atoms with E-state index in [-0.39, 0.29) is 24.6 Å². The van der Waals surface area contributed by atoms with Crippen LogP contribution < -0.4 is 10.6 Å². The number of hydrogen-bond donors (Lipinski definition) is 2. The third kappa shape index (κ3) is 6.22. The molecule has 0 fully saturated rings. The van der Waals surface area contributed by atoms with Crippen molar-refractivity contribution in [3.8, 4) is 0 Å². The van der Waals surface area contributed by atoms with Gasteiger partial charge in [0.25, 0.3) is 11.8 Å². The first kappa shape index (κ1) is 20.1. The van der Waals surface area contributed by atoms with Crippen molar-refractivity contribution >= 4 is 23.5 Å². The molecule has 6 nitrogen and oxygen atoms in total. The molecule has 0 bridgehead atoms. The molecule has 0 aliphatic carbocycles. The molecule has 142 valence electrons. The van der Waals surface area contributed by atoms with E-state index >= 15 is 0 Å². The zero-order chi connectivity index (χ0) is 19.8. The van der Waals surface area contributed by atoms with Crippen molar-refractivity contribution in [3.63, 3.8) is 0 Å². The van der Waals surface area contributed by atoms with Gasteiger partial charge in [-0.25, -0.2) is 4.39 Å². The van der Waals surface area contributed by atoms with Gasteiger partial charge in [-0.15, -0.1) is 0 Å². The average molecular weight is 372 g/mol. The number of aryl methyl sites for hydroxylation is 1. The highest BCUT2D eigenvalue weighted by Crippen LogP contribution is 2.13. The number of carbonyl (C=O) groups excluding carboxylic acids is 3. The number of amides is 2. The van der Waals surface area contributed by atoms with Crippen LogP contribution in [0.1, 0.15) is 29.3 Å². The van der Waals surface area contributed by atoms with Crippen molar-refractivity contribution in [2.45, 2.75) is 26.4 Å². The van der Waals surface area contributed by atoms with Gasteiger partial charge in [-0.3, -0.25) is 14.4 Å². The Morgan fingerprint density at radius 3 is 2.56 bits per heavy atom. The highest BCUT2D eigenvalue weighted by molar-refractivity contribution is 5.95. The fourth-order valence-electron chi connectivity index (χ4n) is 2.27. The van der Waals surface area contributed by atoms with Gasteiger partial charge in [0.15, 0.2) is 6.10 Å². The average Bonchev–Trinajstić information content (AvgIpc) is 2.63. The third-order valence-corrected chi connectivity index (χ3v) is 3.70. The largest absolute Gasteiger partial charge is 0.452 e. The predicted molar refractivity (Wildman–Crippen MR) is 98.7 cm³/mol. The molecule has 2 rings (SSSR count). The summed E-state index contributed by atoms with van der Waals surface area (Å²) in [5.41, 5.74) is 1.47. The van der Waals surface area contributed by atoms with Gasteiger partial charge < -0.3 is 15.4 Å². The molecule has 0 radical (unpaired) electrons. The molecule has 27 heavy (non-hydrogen) atoms. The van der Waals surface area contributed by atoms with Gasteiger partial charge in [-0.2, -0.15) is 0 Å². The molecule has 0 aliphatic rings. The second kappa shape index (κ2) is 9.47. The lowest BCUT2D eigenvalue weighted by Gasteiger charge is -2.14. The Labute approximate surface area is 156 Å². The van der Waals surface area contributed by atoms with Gasteiger partial charge in [-0.1, -0.05) is 29.8 Å². The Kier molecular flexibility index (Phi) is 7.05. The summed E-state index contributed by atoms with van der Waals surface area (Å²) in [6.45, 7) is 3.34. The zero-order valence-corrected chi connectivity index (χ0v) is 15.1. The summed E-state index contributed by atoms with van der Waals surface area (Å²) < 4.78 is 18.5. The highest BCUT2D eigenvalue weighted by atomic mass is 19.1. The van der Waals surface area contributed by atoms with E-state index in [1.165, 1.54) is 25.1 Å². The van der Waals surface area contributed by atoms with Gasteiger partial charge >= 0.3 is 5.97 Å². The molecule has 0 spiro atoms. The van der Waals surface area contributed by atoms with Crippen molar-refractivity contribution in [3.05, 3.63) is 65.5 Å². The number of ether oxygens (including phenoxy) is 1. The molecule has 7 heteroatoms. The normalized spacial score (nSPS) is 11.4. The Hall–Kier alpha value is -3.22. The predicted octanol–water partition coefficient (Wildman–Crippen LogP) is 2.82. The smallest absolute Gasteiger partial charge is 0.308 e. The van der Waals surface area contributed by atoms with E-state index in [2.05, 4.69) is 10.6 Å². The summed E-state index contributed by atoms with van der Waals surface area (Å²) in [7, 11) is 0. The summed E-state index contributed by atoms with van der Waals surface area (Å²) in [4.78, 5) is 35.8. The summed E-state index contributed by atoms with van der Waals surface area (Å²) >= 11 is 0. The van der Waals surface area contributed by atoms with E-state index in [1.807, 2.05) is 13.0 Å². The number of para-hydroxylation sites is 1. The number of anilines is 1. The molecule has 0 aromatic heterocycles. The first-order valence-corrected chi connectivity index (χ1v) is 8.46. The van der Waals surface area contributed by atoms with E-state index in [0.29, 0.717) is 5.56 Å². The van der Waals surface area contributed by atoms with Crippen LogP contribution in [-0.2, 0) is 14.3 Å². The van der Waals surface area contributed by atoms with Gasteiger partial charge in [0.1, 0.15) is 5.82 Å². The van der Waals surface area contributed by atoms with Crippen molar-refractivity contribution < 1.29 is 23.5 Å². The number of benzene rings is 2. The summed E-state index contributed by atoms with van der Waals surface area (Å²) in [5.74, 6) is -2.16. The van der Waals surface area contributed by atoms with E-state index in [9.17, 15) is 18.8 Å². The minimum Gasteiger partial charge on any atom is -0.452 e. The summed E-state index contributed by atoms with van der Waals surface area (Å²) in [5, 5.41) is 4.97. The molecule has 2 amide bonds. The van der Waals surface area contributed by atoms with Crippen LogP contribution in [0.4, 0.5) is 10.1 Å². The second-order valence-corrected chi connectivity index (χ2v) is 5.98. The Bertz CT molecular complexity index is 838. The molecule has 0 saturated heterocycles. The van der Waals surface area contributed by atoms with E-state index in [1.54, 1.807) is 24.3 Å². The van der Waals surface area contributed by atoms with Crippen LogP contribution in [-0.4, -0.2) is 30.4 Å². The first-order valence-electron chi connectivity index (χ1n) is 8.46. The van der Waals surface area contributed by atoms with Crippen LogP contribution in [0.3, 0.4) is 0 Å². The van der Waals surface area contributed by atoms with Gasteiger partial charge in [0, 0.05) is 12.1 Å². The van der Waals surface area contributed by atoms with Crippen LogP contribution >= 0.6 is 0 Å². The Morgan fingerprint density at radius 1 is 1.11 bits per heavy atom. The standard InChI is InChI=1S/C20H21FN2O4/c1-13-6-5-7-15(12-13)20(26)22-11-10-18(24)27-14(2)19(25)23-17-9-4-3-8-16(17)21/h3-9,12,14H,10-11H2,1-2H3,(H,22,26)(H,23,25)/t14-/m0/s1. The lowest BCUT2D eigenvalue weighted by atomic mass is 10.1. The summed E-state index contributed by atoms with van der Waals surface area (Å²) in [6, 6.07) is 12.8. The zero-order valence-electron chi connectivity index (χ0n) is 15.1. The van der Waals surface area contributed by atoms with Crippen LogP contribution in [0.5, 0.6) is 0 Å². The number of nitrogens with one attached hydrogen (secondary N) is 2. The molecule has 0 unspecified atom stereocenters. The second-order valence-electron chi connectivity index (χ2n) is 5.98. The van der Waals surface area contributed by atoms with Crippen molar-refractivity contribution in [1.29, 1.82) is 0 Å². The fourth-order valence-corrected chi connectivity index (χ4v) is 2.27. The van der Waals surface area contributed by atoms with Crippen LogP contribution in [0.25, 0.3) is 0 Å². The SMILES string of the molecule is Cc1cccc(C(=O)NCCC(=O)O[C@@H](C)C(=O)Nc2ccccc2F)c1. The maximum absolute atomic E-state index is 13.5. The Balaban J connectivity index is 1.75. The monoisotopic (exact) mass is 372 g/mol. The van der Waals surface area contributed by atoms with Gasteiger partial charge in [0.2, 0.25) is 0 Å². The maximum Gasteiger partial charge on any atom is 0.308 e. The van der Waals surface area contributed by atoms with Crippen LogP contribution in [0.2, 0.25) is 0 Å². The number of halogens is 1. The molecule has 1 atom stereocenters. The molecule has 2 N–H and O–H groups in total. The molecular weight excluding hydrogens is 351 g/mol.